The van der Waals surface area contributed by atoms with Gasteiger partial charge in [0.1, 0.15) is 6.54 Å². The first-order valence-corrected chi connectivity index (χ1v) is 9.13. The number of benzene rings is 1. The standard InChI is InChI=1S/C15H23N3O3S/c1-13-6-4-5-7-14(13)18(22(3,20)21)12-15(19)17-10-8-16(2)9-11-17/h4-7H,8-12H2,1-3H3. The van der Waals surface area contributed by atoms with Gasteiger partial charge in [-0.25, -0.2) is 8.42 Å². The molecule has 0 spiro atoms. The number of hydrogen-bond donors (Lipinski definition) is 0. The lowest BCUT2D eigenvalue weighted by molar-refractivity contribution is -0.131. The van der Waals surface area contributed by atoms with Crippen LogP contribution in [0.3, 0.4) is 0 Å². The predicted octanol–water partition coefficient (Wildman–Crippen LogP) is 0.535. The van der Waals surface area contributed by atoms with Crippen LogP contribution in [0.2, 0.25) is 0 Å². The zero-order valence-electron chi connectivity index (χ0n) is 13.3. The Balaban J connectivity index is 2.18. The number of para-hydroxylation sites is 1. The van der Waals surface area contributed by atoms with E-state index in [4.69, 9.17) is 0 Å². The monoisotopic (exact) mass is 325 g/mol. The van der Waals surface area contributed by atoms with Crippen molar-refractivity contribution in [3.8, 4) is 0 Å². The Morgan fingerprint density at radius 3 is 2.32 bits per heavy atom. The molecule has 7 heteroatoms. The summed E-state index contributed by atoms with van der Waals surface area (Å²) in [6.45, 7) is 4.60. The van der Waals surface area contributed by atoms with Crippen LogP contribution in [0.15, 0.2) is 24.3 Å². The largest absolute Gasteiger partial charge is 0.339 e. The minimum Gasteiger partial charge on any atom is -0.339 e. The molecule has 1 saturated heterocycles. The number of piperazine rings is 1. The molecule has 1 heterocycles. The molecule has 0 unspecified atom stereocenters. The number of carbonyl (C=O) groups is 1. The molecular formula is C15H23N3O3S. The van der Waals surface area contributed by atoms with Crippen LogP contribution < -0.4 is 4.31 Å². The molecule has 122 valence electrons. The summed E-state index contributed by atoms with van der Waals surface area (Å²) in [5.41, 5.74) is 1.39. The first kappa shape index (κ1) is 16.8. The van der Waals surface area contributed by atoms with Crippen LogP contribution >= 0.6 is 0 Å². The van der Waals surface area contributed by atoms with E-state index >= 15 is 0 Å². The number of rotatable bonds is 4. The second-order valence-corrected chi connectivity index (χ2v) is 7.65. The van der Waals surface area contributed by atoms with Crippen molar-refractivity contribution < 1.29 is 13.2 Å². The predicted molar refractivity (Wildman–Crippen MR) is 87.4 cm³/mol. The number of amides is 1. The van der Waals surface area contributed by atoms with Gasteiger partial charge < -0.3 is 9.80 Å². The molecular weight excluding hydrogens is 302 g/mol. The molecule has 22 heavy (non-hydrogen) atoms. The highest BCUT2D eigenvalue weighted by Gasteiger charge is 2.26. The van der Waals surface area contributed by atoms with Crippen molar-refractivity contribution in [1.82, 2.24) is 9.80 Å². The topological polar surface area (TPSA) is 60.9 Å². The van der Waals surface area contributed by atoms with Crippen LogP contribution in [0.1, 0.15) is 5.56 Å². The van der Waals surface area contributed by atoms with Gasteiger partial charge in [-0.1, -0.05) is 18.2 Å². The summed E-state index contributed by atoms with van der Waals surface area (Å²) in [6, 6.07) is 7.20. The molecule has 2 rings (SSSR count). The Bertz CT molecular complexity index is 637. The lowest BCUT2D eigenvalue weighted by Gasteiger charge is -2.34. The Morgan fingerprint density at radius 2 is 1.77 bits per heavy atom. The number of sulfonamides is 1. The van der Waals surface area contributed by atoms with Crippen LogP contribution in [0.25, 0.3) is 0 Å². The first-order valence-electron chi connectivity index (χ1n) is 7.28. The molecule has 0 aliphatic carbocycles. The Hall–Kier alpha value is -1.60. The molecule has 0 aromatic heterocycles. The highest BCUT2D eigenvalue weighted by Crippen LogP contribution is 2.22. The van der Waals surface area contributed by atoms with Crippen molar-refractivity contribution in [2.75, 3.05) is 50.3 Å². The third-order valence-corrected chi connectivity index (χ3v) is 5.05. The molecule has 0 bridgehead atoms. The fraction of sp³-hybridized carbons (Fsp3) is 0.533. The average Bonchev–Trinajstić information content (AvgIpc) is 2.45. The van der Waals surface area contributed by atoms with Crippen LogP contribution in [-0.4, -0.2) is 70.2 Å². The normalized spacial score (nSPS) is 16.6. The molecule has 0 atom stereocenters. The summed E-state index contributed by atoms with van der Waals surface area (Å²) >= 11 is 0. The van der Waals surface area contributed by atoms with Gasteiger partial charge in [0.05, 0.1) is 11.9 Å². The molecule has 1 amide bonds. The van der Waals surface area contributed by atoms with Crippen molar-refractivity contribution in [2.24, 2.45) is 0 Å². The lowest BCUT2D eigenvalue weighted by atomic mass is 10.2. The lowest BCUT2D eigenvalue weighted by Crippen LogP contribution is -2.50. The van der Waals surface area contributed by atoms with Crippen LogP contribution in [-0.2, 0) is 14.8 Å². The summed E-state index contributed by atoms with van der Waals surface area (Å²) in [6.07, 6.45) is 1.14. The average molecular weight is 325 g/mol. The number of nitrogens with zero attached hydrogens (tertiary/aromatic N) is 3. The number of carbonyl (C=O) groups excluding carboxylic acids is 1. The fourth-order valence-corrected chi connectivity index (χ4v) is 3.41. The van der Waals surface area contributed by atoms with Crippen LogP contribution in [0.5, 0.6) is 0 Å². The number of hydrogen-bond acceptors (Lipinski definition) is 4. The molecule has 0 N–H and O–H groups in total. The Labute approximate surface area is 132 Å². The zero-order chi connectivity index (χ0) is 16.3. The number of aryl methyl sites for hydroxylation is 1. The van der Waals surface area contributed by atoms with E-state index in [1.807, 2.05) is 26.1 Å². The third-order valence-electron chi connectivity index (χ3n) is 3.92. The molecule has 1 aliphatic rings. The van der Waals surface area contributed by atoms with Crippen molar-refractivity contribution >= 4 is 21.6 Å². The second-order valence-electron chi connectivity index (χ2n) is 5.74. The highest BCUT2D eigenvalue weighted by atomic mass is 32.2. The van der Waals surface area contributed by atoms with Crippen molar-refractivity contribution in [2.45, 2.75) is 6.92 Å². The van der Waals surface area contributed by atoms with Crippen molar-refractivity contribution in [1.29, 1.82) is 0 Å². The molecule has 1 fully saturated rings. The van der Waals surface area contributed by atoms with Gasteiger partial charge in [-0.05, 0) is 25.6 Å². The Kier molecular flexibility index (Phi) is 5.08. The highest BCUT2D eigenvalue weighted by molar-refractivity contribution is 7.92. The fourth-order valence-electron chi connectivity index (χ4n) is 2.50. The summed E-state index contributed by atoms with van der Waals surface area (Å²) in [5.74, 6) is -0.151. The molecule has 6 nitrogen and oxygen atoms in total. The minimum absolute atomic E-state index is 0.145. The van der Waals surface area contributed by atoms with Gasteiger partial charge in [-0.15, -0.1) is 0 Å². The minimum atomic E-state index is -3.51. The van der Waals surface area contributed by atoms with Gasteiger partial charge >= 0.3 is 0 Å². The smallest absolute Gasteiger partial charge is 0.243 e. The molecule has 0 radical (unpaired) electrons. The second kappa shape index (κ2) is 6.66. The van der Waals surface area contributed by atoms with E-state index in [1.165, 1.54) is 4.31 Å². The van der Waals surface area contributed by atoms with E-state index in [0.717, 1.165) is 24.9 Å². The summed E-state index contributed by atoms with van der Waals surface area (Å²) in [4.78, 5) is 16.3. The molecule has 0 saturated carbocycles. The van der Waals surface area contributed by atoms with Gasteiger partial charge in [0, 0.05) is 26.2 Å². The van der Waals surface area contributed by atoms with Gasteiger partial charge in [-0.3, -0.25) is 9.10 Å². The summed E-state index contributed by atoms with van der Waals surface area (Å²) in [7, 11) is -1.50. The van der Waals surface area contributed by atoms with E-state index in [-0.39, 0.29) is 12.5 Å². The van der Waals surface area contributed by atoms with Gasteiger partial charge in [-0.2, -0.15) is 0 Å². The maximum atomic E-state index is 12.4. The third kappa shape index (κ3) is 3.98. The van der Waals surface area contributed by atoms with E-state index in [0.29, 0.717) is 18.8 Å². The van der Waals surface area contributed by atoms with Crippen molar-refractivity contribution in [3.05, 3.63) is 29.8 Å². The molecule has 1 aromatic carbocycles. The number of anilines is 1. The molecule has 1 aliphatic heterocycles. The van der Waals surface area contributed by atoms with E-state index in [1.54, 1.807) is 17.0 Å². The summed E-state index contributed by atoms with van der Waals surface area (Å²) in [5, 5.41) is 0. The van der Waals surface area contributed by atoms with Gasteiger partial charge in [0.25, 0.3) is 0 Å². The maximum absolute atomic E-state index is 12.4. The van der Waals surface area contributed by atoms with E-state index < -0.39 is 10.0 Å². The van der Waals surface area contributed by atoms with E-state index in [9.17, 15) is 13.2 Å². The molecule has 1 aromatic rings. The maximum Gasteiger partial charge on any atom is 0.243 e. The van der Waals surface area contributed by atoms with Crippen LogP contribution in [0, 0.1) is 6.92 Å². The van der Waals surface area contributed by atoms with Gasteiger partial charge in [0.2, 0.25) is 15.9 Å². The van der Waals surface area contributed by atoms with Crippen molar-refractivity contribution in [3.63, 3.8) is 0 Å². The zero-order valence-corrected chi connectivity index (χ0v) is 14.1. The number of likely N-dealkylation sites (N-methyl/N-ethyl adjacent to an activating group) is 1. The quantitative estimate of drug-likeness (QED) is 0.810. The Morgan fingerprint density at radius 1 is 1.18 bits per heavy atom. The summed E-state index contributed by atoms with van der Waals surface area (Å²) < 4.78 is 25.4. The SMILES string of the molecule is Cc1ccccc1N(CC(=O)N1CCN(C)CC1)S(C)(=O)=O. The van der Waals surface area contributed by atoms with Gasteiger partial charge in [0.15, 0.2) is 0 Å². The first-order chi connectivity index (χ1) is 10.3. The van der Waals surface area contributed by atoms with Crippen LogP contribution in [0.4, 0.5) is 5.69 Å². The van der Waals surface area contributed by atoms with E-state index in [2.05, 4.69) is 4.90 Å².